The van der Waals surface area contributed by atoms with Gasteiger partial charge in [-0.25, -0.2) is 0 Å². The Bertz CT molecular complexity index is 807. The van der Waals surface area contributed by atoms with Crippen molar-refractivity contribution in [2.24, 2.45) is 0 Å². The van der Waals surface area contributed by atoms with Crippen LogP contribution in [0.2, 0.25) is 0 Å². The average Bonchev–Trinajstić information content (AvgIpc) is 2.78. The van der Waals surface area contributed by atoms with E-state index in [0.29, 0.717) is 6.61 Å². The maximum absolute atomic E-state index is 6.61. The number of methoxy groups -OCH3 is 1. The second kappa shape index (κ2) is 10.7. The van der Waals surface area contributed by atoms with E-state index >= 15 is 0 Å². The molecule has 0 fully saturated rings. The van der Waals surface area contributed by atoms with E-state index in [0.717, 1.165) is 28.9 Å². The Balaban J connectivity index is 0.00000136. The van der Waals surface area contributed by atoms with Crippen molar-refractivity contribution in [3.63, 3.8) is 0 Å². The third-order valence-electron chi connectivity index (χ3n) is 4.66. The van der Waals surface area contributed by atoms with E-state index in [4.69, 9.17) is 9.47 Å². The molecule has 0 heterocycles. The van der Waals surface area contributed by atoms with E-state index in [1.165, 1.54) is 5.56 Å². The monoisotopic (exact) mass is 376 g/mol. The maximum atomic E-state index is 6.61. The summed E-state index contributed by atoms with van der Waals surface area (Å²) >= 11 is 0. The van der Waals surface area contributed by atoms with Crippen LogP contribution >= 0.6 is 0 Å². The van der Waals surface area contributed by atoms with Crippen molar-refractivity contribution >= 4 is 0 Å². The molecule has 0 radical (unpaired) electrons. The van der Waals surface area contributed by atoms with Gasteiger partial charge in [-0.3, -0.25) is 0 Å². The Kier molecular flexibility index (Phi) is 8.28. The topological polar surface area (TPSA) is 18.5 Å². The summed E-state index contributed by atoms with van der Waals surface area (Å²) in [6, 6.07) is 27.3. The Morgan fingerprint density at radius 2 is 1.21 bits per heavy atom. The van der Waals surface area contributed by atoms with Crippen molar-refractivity contribution in [3.05, 3.63) is 101 Å². The smallest absolute Gasteiger partial charge is 0.143 e. The van der Waals surface area contributed by atoms with Gasteiger partial charge in [0, 0.05) is 6.61 Å². The Labute approximate surface area is 170 Å². The first kappa shape index (κ1) is 21.7. The second-order valence-corrected chi connectivity index (χ2v) is 6.49. The van der Waals surface area contributed by atoms with E-state index in [-0.39, 0.29) is 0 Å². The zero-order chi connectivity index (χ0) is 20.4. The minimum atomic E-state index is -0.642. The zero-order valence-corrected chi connectivity index (χ0v) is 17.7. The fourth-order valence-electron chi connectivity index (χ4n) is 3.29. The summed E-state index contributed by atoms with van der Waals surface area (Å²) < 4.78 is 12.0. The summed E-state index contributed by atoms with van der Waals surface area (Å²) in [5.41, 5.74) is 3.95. The molecule has 1 atom stereocenters. The van der Waals surface area contributed by atoms with E-state index in [9.17, 15) is 0 Å². The molecule has 3 aromatic carbocycles. The largest absolute Gasteiger partial charge is 0.497 e. The molecule has 0 aliphatic rings. The summed E-state index contributed by atoms with van der Waals surface area (Å²) in [6.45, 7) is 8.92. The molecule has 148 valence electrons. The number of hydrogen-bond acceptors (Lipinski definition) is 2. The number of ether oxygens (including phenoxy) is 2. The molecule has 0 N–H and O–H groups in total. The van der Waals surface area contributed by atoms with Crippen LogP contribution in [-0.2, 0) is 10.3 Å². The van der Waals surface area contributed by atoms with Gasteiger partial charge in [-0.15, -0.1) is 0 Å². The molecule has 0 bridgehead atoms. The minimum absolute atomic E-state index is 0.642. The van der Waals surface area contributed by atoms with Crippen molar-refractivity contribution in [2.75, 3.05) is 13.7 Å². The van der Waals surface area contributed by atoms with Gasteiger partial charge in [0.25, 0.3) is 0 Å². The summed E-state index contributed by atoms with van der Waals surface area (Å²) in [5.74, 6) is 0.843. The molecule has 0 aliphatic carbocycles. The first-order chi connectivity index (χ1) is 13.7. The van der Waals surface area contributed by atoms with Crippen molar-refractivity contribution < 1.29 is 9.47 Å². The molecule has 0 aromatic heterocycles. The summed E-state index contributed by atoms with van der Waals surface area (Å²) in [7, 11) is 1.69. The highest BCUT2D eigenvalue weighted by molar-refractivity contribution is 5.49. The van der Waals surface area contributed by atoms with Gasteiger partial charge < -0.3 is 9.47 Å². The quantitative estimate of drug-likeness (QED) is 0.425. The Morgan fingerprint density at radius 1 is 0.714 bits per heavy atom. The highest BCUT2D eigenvalue weighted by Gasteiger charge is 2.37. The number of hydrogen-bond donors (Lipinski definition) is 0. The Hall–Kier alpha value is -2.58. The molecule has 0 aliphatic heterocycles. The lowest BCUT2D eigenvalue weighted by Crippen LogP contribution is -2.33. The van der Waals surface area contributed by atoms with Gasteiger partial charge in [-0.2, -0.15) is 0 Å². The van der Waals surface area contributed by atoms with Gasteiger partial charge in [0.05, 0.1) is 7.11 Å². The van der Waals surface area contributed by atoms with E-state index in [1.54, 1.807) is 7.11 Å². The summed E-state index contributed by atoms with van der Waals surface area (Å²) in [4.78, 5) is 0. The predicted molar refractivity (Wildman–Crippen MR) is 118 cm³/mol. The van der Waals surface area contributed by atoms with Crippen molar-refractivity contribution in [1.29, 1.82) is 0 Å². The number of aryl methyl sites for hydroxylation is 1. The molecule has 2 heteroatoms. The summed E-state index contributed by atoms with van der Waals surface area (Å²) in [5, 5.41) is 0. The molecule has 0 saturated carbocycles. The van der Waals surface area contributed by atoms with Crippen molar-refractivity contribution in [3.8, 4) is 5.75 Å². The van der Waals surface area contributed by atoms with Crippen LogP contribution in [0.5, 0.6) is 5.75 Å². The molecule has 3 rings (SSSR count). The second-order valence-electron chi connectivity index (χ2n) is 6.49. The SMILES string of the molecule is CC.CCCOC(c1ccccc1)(c1ccc(C)cc1)c1ccc(OC)cc1. The van der Waals surface area contributed by atoms with Crippen LogP contribution in [0.15, 0.2) is 78.9 Å². The van der Waals surface area contributed by atoms with Crippen LogP contribution in [0.4, 0.5) is 0 Å². The van der Waals surface area contributed by atoms with Crippen LogP contribution in [0.1, 0.15) is 49.4 Å². The average molecular weight is 377 g/mol. The molecule has 1 unspecified atom stereocenters. The van der Waals surface area contributed by atoms with Gasteiger partial charge in [0.1, 0.15) is 11.4 Å². The van der Waals surface area contributed by atoms with Gasteiger partial charge in [-0.05, 0) is 42.2 Å². The van der Waals surface area contributed by atoms with Gasteiger partial charge in [-0.1, -0.05) is 93.1 Å². The van der Waals surface area contributed by atoms with Crippen molar-refractivity contribution in [2.45, 2.75) is 39.7 Å². The van der Waals surface area contributed by atoms with Crippen LogP contribution in [-0.4, -0.2) is 13.7 Å². The van der Waals surface area contributed by atoms with Crippen LogP contribution in [0.25, 0.3) is 0 Å². The van der Waals surface area contributed by atoms with Gasteiger partial charge >= 0.3 is 0 Å². The van der Waals surface area contributed by atoms with Gasteiger partial charge in [0.15, 0.2) is 0 Å². The molecule has 2 nitrogen and oxygen atoms in total. The molecule has 0 amide bonds. The van der Waals surface area contributed by atoms with Crippen LogP contribution in [0.3, 0.4) is 0 Å². The first-order valence-electron chi connectivity index (χ1n) is 10.1. The van der Waals surface area contributed by atoms with Crippen molar-refractivity contribution in [1.82, 2.24) is 0 Å². The molecular formula is C26H32O2. The zero-order valence-electron chi connectivity index (χ0n) is 17.7. The maximum Gasteiger partial charge on any atom is 0.143 e. The molecule has 3 aromatic rings. The van der Waals surface area contributed by atoms with E-state index in [1.807, 2.05) is 32.0 Å². The fourth-order valence-corrected chi connectivity index (χ4v) is 3.29. The molecule has 0 saturated heterocycles. The predicted octanol–water partition coefficient (Wildman–Crippen LogP) is 6.75. The minimum Gasteiger partial charge on any atom is -0.497 e. The number of rotatable bonds is 7. The molecular weight excluding hydrogens is 344 g/mol. The highest BCUT2D eigenvalue weighted by atomic mass is 16.5. The lowest BCUT2D eigenvalue weighted by Gasteiger charge is -2.36. The normalized spacial score (nSPS) is 12.5. The molecule has 28 heavy (non-hydrogen) atoms. The van der Waals surface area contributed by atoms with E-state index in [2.05, 4.69) is 74.5 Å². The lowest BCUT2D eigenvalue weighted by molar-refractivity contribution is 0.0132. The Morgan fingerprint density at radius 3 is 1.71 bits per heavy atom. The van der Waals surface area contributed by atoms with Gasteiger partial charge in [0.2, 0.25) is 0 Å². The highest BCUT2D eigenvalue weighted by Crippen LogP contribution is 2.41. The molecule has 0 spiro atoms. The first-order valence-corrected chi connectivity index (χ1v) is 10.1. The fraction of sp³-hybridized carbons (Fsp3) is 0.308. The summed E-state index contributed by atoms with van der Waals surface area (Å²) in [6.07, 6.45) is 0.955. The third kappa shape index (κ3) is 4.63. The van der Waals surface area contributed by atoms with E-state index < -0.39 is 5.60 Å². The number of benzene rings is 3. The van der Waals surface area contributed by atoms with Crippen LogP contribution in [0, 0.1) is 6.92 Å². The van der Waals surface area contributed by atoms with Crippen LogP contribution < -0.4 is 4.74 Å². The standard InChI is InChI=1S/C24H26O2.C2H6/c1-4-18-26-24(20-8-6-5-7-9-20,21-12-10-19(2)11-13-21)22-14-16-23(25-3)17-15-22;1-2/h5-17H,4,18H2,1-3H3;1-2H3. The lowest BCUT2D eigenvalue weighted by atomic mass is 9.79. The third-order valence-corrected chi connectivity index (χ3v) is 4.66.